The summed E-state index contributed by atoms with van der Waals surface area (Å²) in [5, 5.41) is 0. The van der Waals surface area contributed by atoms with Crippen LogP contribution in [0.5, 0.6) is 0 Å². The molecule has 0 bridgehead atoms. The summed E-state index contributed by atoms with van der Waals surface area (Å²) in [4.78, 5) is 14.1. The Morgan fingerprint density at radius 2 is 2.18 bits per heavy atom. The van der Waals surface area contributed by atoms with E-state index >= 15 is 0 Å². The van der Waals surface area contributed by atoms with Crippen molar-refractivity contribution in [2.45, 2.75) is 25.8 Å². The molecule has 2 N–H and O–H groups in total. The molecule has 1 unspecified atom stereocenters. The topological polar surface area (TPSA) is 46.3 Å². The largest absolute Gasteiger partial charge is 0.398 e. The maximum atomic E-state index is 12.2. The lowest BCUT2D eigenvalue weighted by Gasteiger charge is -2.25. The van der Waals surface area contributed by atoms with E-state index in [4.69, 9.17) is 5.73 Å². The second kappa shape index (κ2) is 4.69. The van der Waals surface area contributed by atoms with Crippen LogP contribution in [0.15, 0.2) is 22.7 Å². The Hall–Kier alpha value is -1.03. The van der Waals surface area contributed by atoms with E-state index in [9.17, 15) is 4.79 Å². The Bertz CT molecular complexity index is 443. The predicted molar refractivity (Wildman–Crippen MR) is 72.8 cm³/mol. The summed E-state index contributed by atoms with van der Waals surface area (Å²) in [5.74, 6) is 0.723. The average molecular weight is 297 g/mol. The van der Waals surface area contributed by atoms with Gasteiger partial charge in [-0.25, -0.2) is 0 Å². The molecule has 1 saturated carbocycles. The van der Waals surface area contributed by atoms with Crippen molar-refractivity contribution >= 4 is 27.5 Å². The molecule has 0 spiro atoms. The van der Waals surface area contributed by atoms with E-state index in [1.807, 2.05) is 18.0 Å². The van der Waals surface area contributed by atoms with Crippen molar-refractivity contribution in [1.29, 1.82) is 0 Å². The number of rotatable bonds is 3. The fourth-order valence-electron chi connectivity index (χ4n) is 1.96. The summed E-state index contributed by atoms with van der Waals surface area (Å²) in [6.07, 6.45) is 2.47. The molecule has 17 heavy (non-hydrogen) atoms. The number of carbonyl (C=O) groups excluding carboxylic acids is 1. The third-order valence-corrected chi connectivity index (χ3v) is 4.20. The minimum atomic E-state index is 0.0450. The van der Waals surface area contributed by atoms with E-state index in [1.165, 1.54) is 12.8 Å². The van der Waals surface area contributed by atoms with E-state index < -0.39 is 0 Å². The minimum Gasteiger partial charge on any atom is -0.398 e. The molecule has 92 valence electrons. The normalized spacial score (nSPS) is 16.6. The molecule has 0 heterocycles. The molecule has 0 radical (unpaired) electrons. The fraction of sp³-hybridized carbons (Fsp3) is 0.462. The highest BCUT2D eigenvalue weighted by Crippen LogP contribution is 2.35. The first-order chi connectivity index (χ1) is 8.00. The highest BCUT2D eigenvalue weighted by atomic mass is 79.9. The van der Waals surface area contributed by atoms with Crippen molar-refractivity contribution in [3.8, 4) is 0 Å². The number of amides is 1. The maximum absolute atomic E-state index is 12.2. The van der Waals surface area contributed by atoms with Crippen molar-refractivity contribution in [3.63, 3.8) is 0 Å². The lowest BCUT2D eigenvalue weighted by atomic mass is 10.1. The molecule has 1 aromatic carbocycles. The Labute approximate surface area is 110 Å². The summed E-state index contributed by atoms with van der Waals surface area (Å²) in [7, 11) is 1.86. The van der Waals surface area contributed by atoms with Crippen LogP contribution in [-0.2, 0) is 0 Å². The van der Waals surface area contributed by atoms with E-state index in [-0.39, 0.29) is 5.91 Å². The quantitative estimate of drug-likeness (QED) is 0.872. The first-order valence-corrected chi connectivity index (χ1v) is 6.62. The van der Waals surface area contributed by atoms with Crippen LogP contribution >= 0.6 is 15.9 Å². The fourth-order valence-corrected chi connectivity index (χ4v) is 2.21. The second-order valence-electron chi connectivity index (χ2n) is 4.73. The van der Waals surface area contributed by atoms with Gasteiger partial charge < -0.3 is 10.6 Å². The van der Waals surface area contributed by atoms with Crippen LogP contribution in [0.2, 0.25) is 0 Å². The first-order valence-electron chi connectivity index (χ1n) is 5.83. The second-order valence-corrected chi connectivity index (χ2v) is 5.58. The number of anilines is 1. The average Bonchev–Trinajstić information content (AvgIpc) is 3.14. The van der Waals surface area contributed by atoms with Crippen LogP contribution in [0.1, 0.15) is 30.1 Å². The smallest absolute Gasteiger partial charge is 0.253 e. The molecule has 0 saturated heterocycles. The van der Waals surface area contributed by atoms with Gasteiger partial charge in [0.05, 0.1) is 0 Å². The molecule has 4 heteroatoms. The van der Waals surface area contributed by atoms with Gasteiger partial charge in [-0.2, -0.15) is 0 Å². The Morgan fingerprint density at radius 3 is 2.71 bits per heavy atom. The lowest BCUT2D eigenvalue weighted by molar-refractivity contribution is 0.0727. The zero-order valence-electron chi connectivity index (χ0n) is 10.1. The van der Waals surface area contributed by atoms with Crippen molar-refractivity contribution in [3.05, 3.63) is 28.2 Å². The van der Waals surface area contributed by atoms with Gasteiger partial charge in [-0.05, 0) is 59.8 Å². The highest BCUT2D eigenvalue weighted by Gasteiger charge is 2.32. The number of hydrogen-bond donors (Lipinski definition) is 1. The number of nitrogen functional groups attached to an aromatic ring is 1. The SMILES string of the molecule is CC(C1CC1)N(C)C(=O)c1ccc(Br)c(N)c1. The first kappa shape index (κ1) is 12.4. The van der Waals surface area contributed by atoms with Crippen LogP contribution in [0.4, 0.5) is 5.69 Å². The zero-order valence-corrected chi connectivity index (χ0v) is 11.7. The predicted octanol–water partition coefficient (Wildman–Crippen LogP) is 2.90. The molecule has 0 aliphatic heterocycles. The molecule has 1 aromatic rings. The zero-order chi connectivity index (χ0) is 12.6. The highest BCUT2D eigenvalue weighted by molar-refractivity contribution is 9.10. The number of halogens is 1. The standard InChI is InChI=1S/C13H17BrN2O/c1-8(9-3-4-9)16(2)13(17)10-5-6-11(14)12(15)7-10/h5-9H,3-4,15H2,1-2H3. The van der Waals surface area contributed by atoms with Gasteiger partial charge in [-0.15, -0.1) is 0 Å². The number of carbonyl (C=O) groups is 1. The van der Waals surface area contributed by atoms with E-state index in [0.717, 1.165) is 4.47 Å². The molecule has 2 rings (SSSR count). The molecule has 3 nitrogen and oxygen atoms in total. The van der Waals surface area contributed by atoms with Crippen LogP contribution in [-0.4, -0.2) is 23.9 Å². The van der Waals surface area contributed by atoms with Crippen LogP contribution in [0.3, 0.4) is 0 Å². The van der Waals surface area contributed by atoms with Gasteiger partial charge in [-0.3, -0.25) is 4.79 Å². The summed E-state index contributed by atoms with van der Waals surface area (Å²) >= 11 is 3.33. The van der Waals surface area contributed by atoms with Gasteiger partial charge in [0, 0.05) is 28.8 Å². The molecule has 0 aromatic heterocycles. The van der Waals surface area contributed by atoms with E-state index in [2.05, 4.69) is 22.9 Å². The third-order valence-electron chi connectivity index (χ3n) is 3.48. The Balaban J connectivity index is 2.15. The van der Waals surface area contributed by atoms with Gasteiger partial charge in [0.15, 0.2) is 0 Å². The molecular formula is C13H17BrN2O. The van der Waals surface area contributed by atoms with E-state index in [1.54, 1.807) is 12.1 Å². The molecule has 1 atom stereocenters. The summed E-state index contributed by atoms with van der Waals surface area (Å²) < 4.78 is 0.826. The van der Waals surface area contributed by atoms with Gasteiger partial charge in [0.1, 0.15) is 0 Å². The summed E-state index contributed by atoms with van der Waals surface area (Å²) in [5.41, 5.74) is 7.04. The molecule has 1 amide bonds. The van der Waals surface area contributed by atoms with E-state index in [0.29, 0.717) is 23.2 Å². The van der Waals surface area contributed by atoms with Crippen molar-refractivity contribution in [2.75, 3.05) is 12.8 Å². The van der Waals surface area contributed by atoms with Crippen molar-refractivity contribution in [2.24, 2.45) is 5.92 Å². The lowest BCUT2D eigenvalue weighted by Crippen LogP contribution is -2.36. The summed E-state index contributed by atoms with van der Waals surface area (Å²) in [6, 6.07) is 5.66. The number of nitrogens with two attached hydrogens (primary N) is 1. The maximum Gasteiger partial charge on any atom is 0.253 e. The van der Waals surface area contributed by atoms with Crippen LogP contribution in [0.25, 0.3) is 0 Å². The van der Waals surface area contributed by atoms with Gasteiger partial charge in [0.2, 0.25) is 0 Å². The molecule has 1 aliphatic rings. The Morgan fingerprint density at radius 1 is 1.53 bits per heavy atom. The van der Waals surface area contributed by atoms with Crippen molar-refractivity contribution in [1.82, 2.24) is 4.90 Å². The van der Waals surface area contributed by atoms with Gasteiger partial charge >= 0.3 is 0 Å². The molecular weight excluding hydrogens is 280 g/mol. The number of nitrogens with zero attached hydrogens (tertiary/aromatic N) is 1. The van der Waals surface area contributed by atoms with Gasteiger partial charge in [-0.1, -0.05) is 0 Å². The third kappa shape index (κ3) is 2.63. The van der Waals surface area contributed by atoms with Crippen LogP contribution < -0.4 is 5.73 Å². The molecule has 1 aliphatic carbocycles. The molecule has 1 fully saturated rings. The Kier molecular flexibility index (Phi) is 3.43. The van der Waals surface area contributed by atoms with Crippen LogP contribution in [0, 0.1) is 5.92 Å². The van der Waals surface area contributed by atoms with Gasteiger partial charge in [0.25, 0.3) is 5.91 Å². The van der Waals surface area contributed by atoms with Crippen molar-refractivity contribution < 1.29 is 4.79 Å². The minimum absolute atomic E-state index is 0.0450. The monoisotopic (exact) mass is 296 g/mol. The number of hydrogen-bond acceptors (Lipinski definition) is 2. The summed E-state index contributed by atoms with van der Waals surface area (Å²) in [6.45, 7) is 2.11. The number of benzene rings is 1.